The average molecular weight is 304 g/mol. The molecule has 0 saturated carbocycles. The van der Waals surface area contributed by atoms with Crippen molar-refractivity contribution >= 4 is 11.7 Å². The van der Waals surface area contributed by atoms with Crippen LogP contribution in [0.15, 0.2) is 78.0 Å². The molecular weight excluding hydrogens is 288 g/mol. The van der Waals surface area contributed by atoms with Gasteiger partial charge in [-0.05, 0) is 42.7 Å². The van der Waals surface area contributed by atoms with Crippen LogP contribution >= 0.6 is 0 Å². The number of aromatic nitrogens is 3. The topological polar surface area (TPSA) is 75.1 Å². The van der Waals surface area contributed by atoms with E-state index in [2.05, 4.69) is 42.9 Å². The highest BCUT2D eigenvalue weighted by Gasteiger charge is 2.10. The second kappa shape index (κ2) is 7.15. The van der Waals surface area contributed by atoms with Crippen molar-refractivity contribution in [2.75, 3.05) is 5.32 Å². The third kappa shape index (κ3) is 3.90. The number of hydrogen-bond acceptors (Lipinski definition) is 6. The Morgan fingerprint density at radius 1 is 1.09 bits per heavy atom. The normalized spacial score (nSPS) is 13.4. The van der Waals surface area contributed by atoms with Crippen molar-refractivity contribution in [1.82, 2.24) is 20.3 Å². The van der Waals surface area contributed by atoms with E-state index in [1.54, 1.807) is 30.9 Å². The van der Waals surface area contributed by atoms with Gasteiger partial charge in [-0.25, -0.2) is 15.0 Å². The number of rotatable bonds is 5. The molecule has 0 radical (unpaired) electrons. The summed E-state index contributed by atoms with van der Waals surface area (Å²) in [7, 11) is 0. The number of anilines is 1. The molecule has 0 atom stereocenters. The van der Waals surface area contributed by atoms with Crippen LogP contribution in [0.3, 0.4) is 0 Å². The van der Waals surface area contributed by atoms with Gasteiger partial charge in [0.15, 0.2) is 5.82 Å². The number of pyridine rings is 1. The van der Waals surface area contributed by atoms with Crippen LogP contribution in [0.25, 0.3) is 0 Å². The Balaban J connectivity index is 1.73. The highest BCUT2D eigenvalue weighted by molar-refractivity contribution is 6.01. The average Bonchev–Trinajstić information content (AvgIpc) is 2.63. The molecule has 0 aliphatic carbocycles. The molecule has 6 nitrogen and oxygen atoms in total. The zero-order chi connectivity index (χ0) is 15.9. The van der Waals surface area contributed by atoms with E-state index in [9.17, 15) is 0 Å². The Morgan fingerprint density at radius 3 is 2.61 bits per heavy atom. The van der Waals surface area contributed by atoms with Gasteiger partial charge >= 0.3 is 0 Å². The first-order valence-corrected chi connectivity index (χ1v) is 7.24. The largest absolute Gasteiger partial charge is 0.320 e. The summed E-state index contributed by atoms with van der Waals surface area (Å²) in [4.78, 5) is 16.9. The molecule has 1 aliphatic rings. The van der Waals surface area contributed by atoms with Crippen molar-refractivity contribution in [3.8, 4) is 0 Å². The molecule has 114 valence electrons. The van der Waals surface area contributed by atoms with Gasteiger partial charge in [0.25, 0.3) is 0 Å². The van der Waals surface area contributed by atoms with E-state index in [4.69, 9.17) is 0 Å². The maximum atomic E-state index is 4.65. The molecule has 0 fully saturated rings. The molecule has 0 saturated heterocycles. The third-order valence-corrected chi connectivity index (χ3v) is 3.22. The molecule has 3 rings (SSSR count). The lowest BCUT2D eigenvalue weighted by Gasteiger charge is -2.16. The number of allylic oxidation sites excluding steroid dienone is 1. The van der Waals surface area contributed by atoms with E-state index in [0.717, 1.165) is 29.9 Å². The van der Waals surface area contributed by atoms with E-state index in [1.165, 1.54) is 0 Å². The molecule has 0 unspecified atom stereocenters. The van der Waals surface area contributed by atoms with Crippen LogP contribution in [0.5, 0.6) is 0 Å². The molecule has 0 bridgehead atoms. The maximum Gasteiger partial charge on any atom is 0.228 e. The Bertz CT molecular complexity index is 773. The van der Waals surface area contributed by atoms with Crippen molar-refractivity contribution in [3.05, 3.63) is 78.6 Å². The smallest absolute Gasteiger partial charge is 0.228 e. The standard InChI is InChI=1S/C17H16N6/c1-2-15(23-17-19-9-4-10-20-17)22-16-6-3-5-14(21-16)13-7-11-18-12-8-13/h4,6-12,22H,1,3,5H2,(H,19,20,23). The predicted octanol–water partition coefficient (Wildman–Crippen LogP) is 2.62. The van der Waals surface area contributed by atoms with E-state index < -0.39 is 0 Å². The minimum absolute atomic E-state index is 0.473. The third-order valence-electron chi connectivity index (χ3n) is 3.22. The molecule has 2 aromatic rings. The fourth-order valence-corrected chi connectivity index (χ4v) is 2.15. The number of hydrogen-bond donors (Lipinski definition) is 2. The summed E-state index contributed by atoms with van der Waals surface area (Å²) in [5, 5.41) is 6.18. The number of nitrogens with zero attached hydrogens (tertiary/aromatic N) is 4. The van der Waals surface area contributed by atoms with Gasteiger partial charge in [-0.3, -0.25) is 4.98 Å². The van der Waals surface area contributed by atoms with E-state index in [-0.39, 0.29) is 0 Å². The summed E-state index contributed by atoms with van der Waals surface area (Å²) in [6.45, 7) is 3.67. The van der Waals surface area contributed by atoms with Crippen LogP contribution in [0, 0.1) is 0 Å². The summed E-state index contributed by atoms with van der Waals surface area (Å²) in [6, 6.07) is 5.68. The highest BCUT2D eigenvalue weighted by atomic mass is 15.2. The summed E-state index contributed by atoms with van der Waals surface area (Å²) < 4.78 is 0. The zero-order valence-corrected chi connectivity index (χ0v) is 12.5. The first-order chi connectivity index (χ1) is 11.3. The molecule has 6 heteroatoms. The quantitative estimate of drug-likeness (QED) is 0.831. The van der Waals surface area contributed by atoms with Crippen molar-refractivity contribution in [3.63, 3.8) is 0 Å². The van der Waals surface area contributed by atoms with Gasteiger partial charge in [-0.2, -0.15) is 0 Å². The number of aliphatic imine (C=N–C) groups is 1. The minimum atomic E-state index is 0.473. The van der Waals surface area contributed by atoms with Crippen molar-refractivity contribution in [2.45, 2.75) is 12.8 Å². The summed E-state index contributed by atoms with van der Waals surface area (Å²) in [5.74, 6) is 1.78. The Kier molecular flexibility index (Phi) is 4.57. The molecule has 2 N–H and O–H groups in total. The van der Waals surface area contributed by atoms with Crippen LogP contribution in [0.4, 0.5) is 5.95 Å². The van der Waals surface area contributed by atoms with Crippen LogP contribution in [-0.2, 0) is 0 Å². The van der Waals surface area contributed by atoms with Crippen LogP contribution in [0.2, 0.25) is 0 Å². The second-order valence-electron chi connectivity index (χ2n) is 4.80. The minimum Gasteiger partial charge on any atom is -0.320 e. The fourth-order valence-electron chi connectivity index (χ4n) is 2.15. The lowest BCUT2D eigenvalue weighted by molar-refractivity contribution is 0.893. The van der Waals surface area contributed by atoms with E-state index in [0.29, 0.717) is 11.8 Å². The van der Waals surface area contributed by atoms with Crippen molar-refractivity contribution in [1.29, 1.82) is 0 Å². The second-order valence-corrected chi connectivity index (χ2v) is 4.80. The van der Waals surface area contributed by atoms with Gasteiger partial charge in [0.2, 0.25) is 5.95 Å². The monoisotopic (exact) mass is 304 g/mol. The SMILES string of the molecule is C=C=C(NC1=CCCC(c2ccncc2)=N1)Nc1ncccn1. The maximum absolute atomic E-state index is 4.65. The molecule has 2 aromatic heterocycles. The van der Waals surface area contributed by atoms with Gasteiger partial charge in [-0.1, -0.05) is 12.3 Å². The highest BCUT2D eigenvalue weighted by Crippen LogP contribution is 2.15. The Hall–Kier alpha value is -3.24. The van der Waals surface area contributed by atoms with Crippen LogP contribution in [0.1, 0.15) is 18.4 Å². The lowest BCUT2D eigenvalue weighted by Crippen LogP contribution is -2.21. The van der Waals surface area contributed by atoms with Gasteiger partial charge in [0, 0.05) is 24.8 Å². The number of nitrogens with one attached hydrogen (secondary N) is 2. The van der Waals surface area contributed by atoms with Crippen LogP contribution < -0.4 is 10.6 Å². The molecule has 0 aromatic carbocycles. The zero-order valence-electron chi connectivity index (χ0n) is 12.5. The lowest BCUT2D eigenvalue weighted by atomic mass is 10.1. The van der Waals surface area contributed by atoms with E-state index >= 15 is 0 Å². The van der Waals surface area contributed by atoms with Crippen molar-refractivity contribution < 1.29 is 0 Å². The van der Waals surface area contributed by atoms with Crippen LogP contribution in [-0.4, -0.2) is 20.7 Å². The molecular formula is C17H16N6. The molecule has 0 amide bonds. The molecule has 0 spiro atoms. The van der Waals surface area contributed by atoms with Gasteiger partial charge < -0.3 is 10.6 Å². The summed E-state index contributed by atoms with van der Waals surface area (Å²) in [5.41, 5.74) is 4.90. The summed E-state index contributed by atoms with van der Waals surface area (Å²) >= 11 is 0. The fraction of sp³-hybridized carbons (Fsp3) is 0.118. The van der Waals surface area contributed by atoms with Crippen molar-refractivity contribution in [2.24, 2.45) is 4.99 Å². The molecule has 23 heavy (non-hydrogen) atoms. The Labute approximate surface area is 134 Å². The van der Waals surface area contributed by atoms with Gasteiger partial charge in [0.1, 0.15) is 5.82 Å². The van der Waals surface area contributed by atoms with E-state index in [1.807, 2.05) is 18.2 Å². The Morgan fingerprint density at radius 2 is 1.87 bits per heavy atom. The molecule has 3 heterocycles. The first kappa shape index (κ1) is 14.7. The predicted molar refractivity (Wildman–Crippen MR) is 89.5 cm³/mol. The van der Waals surface area contributed by atoms with Gasteiger partial charge in [0.05, 0.1) is 5.71 Å². The molecule has 1 aliphatic heterocycles. The summed E-state index contributed by atoms with van der Waals surface area (Å²) in [6.07, 6.45) is 10.7. The first-order valence-electron chi connectivity index (χ1n) is 7.24. The van der Waals surface area contributed by atoms with Gasteiger partial charge in [-0.15, -0.1) is 0 Å².